The zero-order valence-electron chi connectivity index (χ0n) is 19.7. The molecule has 0 N–H and O–H groups in total. The molecule has 1 aromatic carbocycles. The van der Waals surface area contributed by atoms with Gasteiger partial charge in [-0.1, -0.05) is 19.4 Å². The molecule has 0 saturated carbocycles. The van der Waals surface area contributed by atoms with Crippen LogP contribution in [0.2, 0.25) is 0 Å². The molecule has 20 heteroatoms. The molecule has 1 aliphatic rings. The maximum atomic E-state index is 13.6. The molecule has 0 aromatic heterocycles. The summed E-state index contributed by atoms with van der Waals surface area (Å²) >= 11 is 1.09. The number of hydrogen-bond donors (Lipinski definition) is 0. The smallest absolute Gasteiger partial charge is 0.475 e. The second kappa shape index (κ2) is 10.8. The minimum Gasteiger partial charge on any atom is -0.475 e. The van der Waals surface area contributed by atoms with E-state index in [1.165, 1.54) is 0 Å². The van der Waals surface area contributed by atoms with Gasteiger partial charge in [-0.15, -0.1) is 10.1 Å². The van der Waals surface area contributed by atoms with E-state index in [2.05, 4.69) is 23.8 Å². The largest absolute Gasteiger partial charge is 0.511 e. The van der Waals surface area contributed by atoms with Crippen molar-refractivity contribution in [2.45, 2.75) is 37.3 Å². The molecule has 1 aromatic rings. The zero-order chi connectivity index (χ0) is 29.9. The highest BCUT2D eigenvalue weighted by Gasteiger charge is 2.65. The van der Waals surface area contributed by atoms with Gasteiger partial charge in [-0.3, -0.25) is 0 Å². The Labute approximate surface area is 218 Å². The Morgan fingerprint density at radius 1 is 1.13 bits per heavy atom. The van der Waals surface area contributed by atoms with Crippen molar-refractivity contribution in [1.82, 2.24) is 0 Å². The van der Waals surface area contributed by atoms with Gasteiger partial charge in [0, 0.05) is 24.0 Å². The lowest BCUT2D eigenvalue weighted by Gasteiger charge is -2.41. The van der Waals surface area contributed by atoms with E-state index in [1.54, 1.807) is 0 Å². The number of halogens is 8. The van der Waals surface area contributed by atoms with E-state index in [1.807, 2.05) is 0 Å². The molecular formula is C19H19F8NO9S2. The highest BCUT2D eigenvalue weighted by Crippen LogP contribution is 3.02. The minimum absolute atomic E-state index is 0.0641. The Morgan fingerprint density at radius 3 is 2.31 bits per heavy atom. The second-order valence-electron chi connectivity index (χ2n) is 7.63. The summed E-state index contributed by atoms with van der Waals surface area (Å²) in [5.41, 5.74) is -2.98. The fraction of sp³-hybridized carbons (Fsp3) is 0.474. The Hall–Kier alpha value is -3.16. The van der Waals surface area contributed by atoms with Crippen molar-refractivity contribution in [3.63, 3.8) is 0 Å². The number of hydrogen-bond acceptors (Lipinski definition) is 10. The van der Waals surface area contributed by atoms with E-state index in [-0.39, 0.29) is 42.9 Å². The van der Waals surface area contributed by atoms with Gasteiger partial charge in [0.25, 0.3) is 5.09 Å². The monoisotopic (exact) mass is 621 g/mol. The quantitative estimate of drug-likeness (QED) is 0.0690. The molecular weight excluding hydrogens is 602 g/mol. The van der Waals surface area contributed by atoms with Gasteiger partial charge >= 0.3 is 28.5 Å². The topological polar surface area (TPSA) is 123 Å². The first-order valence-electron chi connectivity index (χ1n) is 10.3. The first-order valence-corrected chi connectivity index (χ1v) is 13.4. The van der Waals surface area contributed by atoms with Crippen LogP contribution >= 0.6 is 22.0 Å². The van der Waals surface area contributed by atoms with Crippen molar-refractivity contribution < 1.29 is 71.1 Å². The molecule has 1 heterocycles. The van der Waals surface area contributed by atoms with Crippen LogP contribution in [0.5, 0.6) is 5.75 Å². The van der Waals surface area contributed by atoms with Gasteiger partial charge in [0.1, 0.15) is 23.9 Å². The van der Waals surface area contributed by atoms with Crippen LogP contribution in [0.15, 0.2) is 22.6 Å². The van der Waals surface area contributed by atoms with Crippen molar-refractivity contribution in [3.8, 4) is 5.75 Å². The first kappa shape index (κ1) is 32.1. The van der Waals surface area contributed by atoms with E-state index in [9.17, 15) is 52.3 Å². The lowest BCUT2D eigenvalue weighted by Crippen LogP contribution is -2.41. The molecule has 0 fully saturated rings. The molecule has 1 aliphatic heterocycles. The number of aryl methyl sites for hydroxylation is 1. The van der Waals surface area contributed by atoms with E-state index in [0.717, 1.165) is 25.6 Å². The number of benzene rings is 1. The Balaban J connectivity index is 2.12. The van der Waals surface area contributed by atoms with Crippen LogP contribution in [0, 0.1) is 17.0 Å². The fourth-order valence-electron chi connectivity index (χ4n) is 2.96. The predicted molar refractivity (Wildman–Crippen MR) is 119 cm³/mol. The number of rotatable bonds is 11. The number of esters is 1. The van der Waals surface area contributed by atoms with Gasteiger partial charge in [0.05, 0.1) is 5.57 Å². The van der Waals surface area contributed by atoms with E-state index < -0.39 is 73.4 Å². The van der Waals surface area contributed by atoms with Crippen molar-refractivity contribution in [2.75, 3.05) is 24.7 Å². The predicted octanol–water partition coefficient (Wildman–Crippen LogP) is 6.34. The molecule has 39 heavy (non-hydrogen) atoms. The normalized spacial score (nSPS) is 17.8. The molecule has 1 unspecified atom stereocenters. The number of fused-ring (bicyclic) bond motifs is 1. The Kier molecular flexibility index (Phi) is 8.86. The molecule has 0 amide bonds. The van der Waals surface area contributed by atoms with Gasteiger partial charge in [-0.05, 0) is 30.7 Å². The average molecular weight is 621 g/mol. The van der Waals surface area contributed by atoms with Crippen LogP contribution in [0.1, 0.15) is 18.1 Å². The highest BCUT2D eigenvalue weighted by molar-refractivity contribution is 8.45. The maximum absolute atomic E-state index is 13.6. The van der Waals surface area contributed by atoms with Crippen molar-refractivity contribution in [3.05, 3.63) is 38.9 Å². The van der Waals surface area contributed by atoms with Crippen LogP contribution in [-0.4, -0.2) is 60.5 Å². The number of thioether (sulfide) groups is 1. The Bertz CT molecular complexity index is 1160. The number of carbonyl (C=O) groups is 2. The number of carbonyl (C=O) groups excluding carboxylic acids is 2. The summed E-state index contributed by atoms with van der Waals surface area (Å²) < 4.78 is 126. The van der Waals surface area contributed by atoms with Gasteiger partial charge in [-0.2, -0.15) is 24.9 Å². The fourth-order valence-corrected chi connectivity index (χ4v) is 4.31. The number of ether oxygens (including phenoxy) is 4. The summed E-state index contributed by atoms with van der Waals surface area (Å²) in [7, 11) is -10.2. The van der Waals surface area contributed by atoms with E-state index >= 15 is 0 Å². The third-order valence-corrected chi connectivity index (χ3v) is 6.53. The summed E-state index contributed by atoms with van der Waals surface area (Å²) in [5, 5.41) is 8.99. The van der Waals surface area contributed by atoms with Crippen molar-refractivity contribution >= 4 is 40.2 Å². The molecule has 0 saturated heterocycles. The van der Waals surface area contributed by atoms with E-state index in [4.69, 9.17) is 0 Å². The van der Waals surface area contributed by atoms with Crippen LogP contribution < -0.4 is 4.74 Å². The highest BCUT2D eigenvalue weighted by atomic mass is 32.5. The lowest BCUT2D eigenvalue weighted by molar-refractivity contribution is -0.756. The average Bonchev–Trinajstić information content (AvgIpc) is 2.75. The first-order chi connectivity index (χ1) is 17.6. The zero-order valence-corrected chi connectivity index (χ0v) is 21.3. The summed E-state index contributed by atoms with van der Waals surface area (Å²) in [6.45, 7) is 1.22. The second-order valence-corrected chi connectivity index (χ2v) is 11.3. The third kappa shape index (κ3) is 9.52. The molecule has 2 rings (SSSR count). The molecule has 2 atom stereocenters. The van der Waals surface area contributed by atoms with Crippen LogP contribution in [0.3, 0.4) is 0 Å². The maximum Gasteiger partial charge on any atom is 0.511 e. The van der Waals surface area contributed by atoms with Crippen LogP contribution in [0.25, 0.3) is 6.08 Å². The SMILES string of the molecule is Cc1cc(S(F)(F)(F)(F)F)cc2c1O[C@H](C(F)(F)F)C(C(=O)OC(C)OC(=O)OCCSCCO[N+](=O)[O-])=C2. The van der Waals surface area contributed by atoms with Gasteiger partial charge in [0.15, 0.2) is 0 Å². The standard InChI is InChI=1S/C19H19F8NO9S2/c1-10-7-13(39(23,24,25,26)27)8-12-9-14(16(19(20,21)22)37-15(10)12)17(29)35-11(2)36-18(30)33-3-5-38-6-4-34-28(31)32/h7-9,11,16H,3-6H2,1-2H3/t11?,16-/m0/s1. The van der Waals surface area contributed by atoms with E-state index in [0.29, 0.717) is 0 Å². The molecule has 0 aliphatic carbocycles. The van der Waals surface area contributed by atoms with Gasteiger partial charge in [-0.25, -0.2) is 9.59 Å². The van der Waals surface area contributed by atoms with Crippen molar-refractivity contribution in [2.24, 2.45) is 0 Å². The molecule has 10 nitrogen and oxygen atoms in total. The summed E-state index contributed by atoms with van der Waals surface area (Å²) in [6.07, 6.45) is -11.3. The van der Waals surface area contributed by atoms with Gasteiger partial charge < -0.3 is 23.8 Å². The molecule has 0 spiro atoms. The molecule has 0 radical (unpaired) electrons. The minimum atomic E-state index is -10.2. The van der Waals surface area contributed by atoms with Crippen LogP contribution in [0.4, 0.5) is 37.4 Å². The number of nitrogens with zero attached hydrogens (tertiary/aromatic N) is 1. The summed E-state index contributed by atoms with van der Waals surface area (Å²) in [6, 6.07) is -0.214. The molecule has 222 valence electrons. The molecule has 0 bridgehead atoms. The third-order valence-electron chi connectivity index (χ3n) is 4.49. The van der Waals surface area contributed by atoms with Gasteiger partial charge in [0.2, 0.25) is 12.4 Å². The van der Waals surface area contributed by atoms with Crippen LogP contribution in [-0.2, 0) is 23.8 Å². The van der Waals surface area contributed by atoms with Crippen molar-refractivity contribution in [1.29, 1.82) is 0 Å². The summed E-state index contributed by atoms with van der Waals surface area (Å²) in [5.74, 6) is -2.33. The Morgan fingerprint density at radius 2 is 1.74 bits per heavy atom. The number of alkyl halides is 3. The summed E-state index contributed by atoms with van der Waals surface area (Å²) in [4.78, 5) is 35.7. The lowest BCUT2D eigenvalue weighted by atomic mass is 9.99.